The summed E-state index contributed by atoms with van der Waals surface area (Å²) >= 11 is 1.54. The van der Waals surface area contributed by atoms with E-state index in [4.69, 9.17) is 0 Å². The van der Waals surface area contributed by atoms with Gasteiger partial charge in [0.1, 0.15) is 0 Å². The van der Waals surface area contributed by atoms with E-state index in [0.717, 1.165) is 66.1 Å². The molecule has 1 aliphatic carbocycles. The van der Waals surface area contributed by atoms with E-state index in [2.05, 4.69) is 49.8 Å². The van der Waals surface area contributed by atoms with Crippen molar-refractivity contribution in [3.63, 3.8) is 0 Å². The van der Waals surface area contributed by atoms with Crippen molar-refractivity contribution in [1.82, 2.24) is 24.6 Å². The molecule has 7 heteroatoms. The van der Waals surface area contributed by atoms with Gasteiger partial charge in [0.25, 0.3) is 0 Å². The highest BCUT2D eigenvalue weighted by atomic mass is 32.2. The molecule has 2 fully saturated rings. The molecule has 1 aliphatic heterocycles. The van der Waals surface area contributed by atoms with Gasteiger partial charge in [-0.15, -0.1) is 10.2 Å². The van der Waals surface area contributed by atoms with E-state index in [1.165, 1.54) is 6.42 Å². The van der Waals surface area contributed by atoms with E-state index < -0.39 is 0 Å². The zero-order valence-corrected chi connectivity index (χ0v) is 17.6. The predicted molar refractivity (Wildman–Crippen MR) is 116 cm³/mol. The van der Waals surface area contributed by atoms with Crippen molar-refractivity contribution in [2.75, 3.05) is 12.3 Å². The highest BCUT2D eigenvalue weighted by Gasteiger charge is 2.32. The number of likely N-dealkylation sites (tertiary alicyclic amines) is 1. The fraction of sp³-hybridized carbons (Fsp3) is 0.500. The van der Waals surface area contributed by atoms with Gasteiger partial charge in [-0.05, 0) is 44.6 Å². The average Bonchev–Trinajstić information content (AvgIpc) is 3.38. The van der Waals surface area contributed by atoms with E-state index in [0.29, 0.717) is 17.8 Å². The molecule has 6 nitrogen and oxygen atoms in total. The molecule has 29 heavy (non-hydrogen) atoms. The molecule has 2 aliphatic rings. The molecule has 1 atom stereocenters. The summed E-state index contributed by atoms with van der Waals surface area (Å²) in [5, 5.41) is 11.1. The van der Waals surface area contributed by atoms with Crippen LogP contribution in [0.4, 0.5) is 0 Å². The summed E-state index contributed by atoms with van der Waals surface area (Å²) in [5.74, 6) is 1.58. The van der Waals surface area contributed by atoms with Crippen molar-refractivity contribution in [2.45, 2.75) is 62.7 Å². The standard InChI is InChI=1S/C22H27N5OS/c1-2-15-7-5-6-12-26(15)20(28)14-29-22-25-24-21(27(22)16-10-11-16)18-13-23-19-9-4-3-8-17(18)19/h3-4,8-9,13,15-16,23H,2,5-7,10-12,14H2,1H3/t15-/m1/s1. The minimum absolute atomic E-state index is 0.237. The fourth-order valence-electron chi connectivity index (χ4n) is 4.44. The summed E-state index contributed by atoms with van der Waals surface area (Å²) in [4.78, 5) is 18.3. The van der Waals surface area contributed by atoms with Crippen LogP contribution in [0.2, 0.25) is 0 Å². The molecule has 3 aromatic rings. The number of H-pyrrole nitrogens is 1. The largest absolute Gasteiger partial charge is 0.360 e. The van der Waals surface area contributed by atoms with Crippen LogP contribution in [0.1, 0.15) is 51.5 Å². The third-order valence-corrected chi connectivity index (χ3v) is 7.08. The number of benzene rings is 1. The number of nitrogens with one attached hydrogen (secondary N) is 1. The minimum atomic E-state index is 0.237. The summed E-state index contributed by atoms with van der Waals surface area (Å²) in [6.45, 7) is 3.08. The molecule has 1 saturated heterocycles. The van der Waals surface area contributed by atoms with Crippen LogP contribution in [0.5, 0.6) is 0 Å². The second kappa shape index (κ2) is 7.86. The maximum atomic E-state index is 12.9. The third kappa shape index (κ3) is 3.56. The molecular weight excluding hydrogens is 382 g/mol. The van der Waals surface area contributed by atoms with E-state index in [9.17, 15) is 4.79 Å². The zero-order valence-electron chi connectivity index (χ0n) is 16.8. The SMILES string of the molecule is CC[C@@H]1CCCCN1C(=O)CSc1nnc(-c2c[nH]c3ccccc23)n1C1CC1. The normalized spacial score (nSPS) is 19.8. The Morgan fingerprint density at radius 1 is 1.21 bits per heavy atom. The molecule has 0 radical (unpaired) electrons. The topological polar surface area (TPSA) is 66.8 Å². The van der Waals surface area contributed by atoms with Gasteiger partial charge in [0.15, 0.2) is 11.0 Å². The van der Waals surface area contributed by atoms with Crippen LogP contribution in [0.3, 0.4) is 0 Å². The maximum Gasteiger partial charge on any atom is 0.233 e. The van der Waals surface area contributed by atoms with E-state index >= 15 is 0 Å². The molecule has 3 heterocycles. The number of rotatable bonds is 6. The summed E-state index contributed by atoms with van der Waals surface area (Å²) in [7, 11) is 0. The van der Waals surface area contributed by atoms with Crippen molar-refractivity contribution in [1.29, 1.82) is 0 Å². The highest BCUT2D eigenvalue weighted by molar-refractivity contribution is 7.99. The van der Waals surface area contributed by atoms with Gasteiger partial charge in [-0.2, -0.15) is 0 Å². The number of nitrogens with zero attached hydrogens (tertiary/aromatic N) is 4. The van der Waals surface area contributed by atoms with Crippen LogP contribution >= 0.6 is 11.8 Å². The second-order valence-electron chi connectivity index (χ2n) is 8.09. The Labute approximate surface area is 175 Å². The number of para-hydroxylation sites is 1. The number of carbonyl (C=O) groups excluding carboxylic acids is 1. The number of aromatic nitrogens is 4. The first kappa shape index (κ1) is 18.7. The lowest BCUT2D eigenvalue weighted by Gasteiger charge is -2.35. The smallest absolute Gasteiger partial charge is 0.233 e. The van der Waals surface area contributed by atoms with Crippen molar-refractivity contribution in [2.24, 2.45) is 0 Å². The summed E-state index contributed by atoms with van der Waals surface area (Å²) in [5.41, 5.74) is 2.19. The monoisotopic (exact) mass is 409 g/mol. The maximum absolute atomic E-state index is 12.9. The Morgan fingerprint density at radius 2 is 2.07 bits per heavy atom. The summed E-state index contributed by atoms with van der Waals surface area (Å²) < 4.78 is 2.25. The van der Waals surface area contributed by atoms with Gasteiger partial charge in [0.05, 0.1) is 5.75 Å². The highest BCUT2D eigenvalue weighted by Crippen LogP contribution is 2.42. The predicted octanol–water partition coefficient (Wildman–Crippen LogP) is 4.64. The number of aromatic amines is 1. The summed E-state index contributed by atoms with van der Waals surface area (Å²) in [6, 6.07) is 9.13. The number of amides is 1. The Hall–Kier alpha value is -2.28. The van der Waals surface area contributed by atoms with Gasteiger partial charge in [0.2, 0.25) is 5.91 Å². The summed E-state index contributed by atoms with van der Waals surface area (Å²) in [6.07, 6.45) is 8.86. The van der Waals surface area contributed by atoms with Gasteiger partial charge in [-0.1, -0.05) is 36.9 Å². The molecule has 0 spiro atoms. The van der Waals surface area contributed by atoms with E-state index in [-0.39, 0.29) is 5.91 Å². The lowest BCUT2D eigenvalue weighted by Crippen LogP contribution is -2.44. The first-order valence-corrected chi connectivity index (χ1v) is 11.7. The van der Waals surface area contributed by atoms with Crippen LogP contribution in [0.25, 0.3) is 22.3 Å². The van der Waals surface area contributed by atoms with Crippen LogP contribution in [-0.2, 0) is 4.79 Å². The molecule has 5 rings (SSSR count). The molecule has 1 amide bonds. The van der Waals surface area contributed by atoms with Gasteiger partial charge >= 0.3 is 0 Å². The van der Waals surface area contributed by atoms with Crippen molar-refractivity contribution >= 4 is 28.6 Å². The number of fused-ring (bicyclic) bond motifs is 1. The van der Waals surface area contributed by atoms with Crippen molar-refractivity contribution in [3.05, 3.63) is 30.5 Å². The number of thioether (sulfide) groups is 1. The van der Waals surface area contributed by atoms with Crippen LogP contribution < -0.4 is 0 Å². The lowest BCUT2D eigenvalue weighted by atomic mass is 10.0. The van der Waals surface area contributed by atoms with Crippen LogP contribution in [-0.4, -0.2) is 48.9 Å². The molecule has 0 unspecified atom stereocenters. The number of carbonyl (C=O) groups is 1. The molecule has 0 bridgehead atoms. The van der Waals surface area contributed by atoms with Gasteiger partial charge < -0.3 is 9.88 Å². The molecule has 152 valence electrons. The first-order chi connectivity index (χ1) is 14.3. The lowest BCUT2D eigenvalue weighted by molar-refractivity contribution is -0.132. The van der Waals surface area contributed by atoms with Crippen LogP contribution in [0, 0.1) is 0 Å². The Balaban J connectivity index is 1.38. The van der Waals surface area contributed by atoms with Crippen molar-refractivity contribution < 1.29 is 4.79 Å². The molecule has 1 N–H and O–H groups in total. The van der Waals surface area contributed by atoms with Crippen molar-refractivity contribution in [3.8, 4) is 11.4 Å². The van der Waals surface area contributed by atoms with E-state index in [1.807, 2.05) is 12.3 Å². The molecule has 1 aromatic carbocycles. The Bertz CT molecular complexity index is 1020. The zero-order chi connectivity index (χ0) is 19.8. The average molecular weight is 410 g/mol. The Kier molecular flexibility index (Phi) is 5.08. The number of hydrogen-bond acceptors (Lipinski definition) is 4. The van der Waals surface area contributed by atoms with Gasteiger partial charge in [-0.25, -0.2) is 0 Å². The minimum Gasteiger partial charge on any atom is -0.360 e. The molecule has 1 saturated carbocycles. The Morgan fingerprint density at radius 3 is 2.90 bits per heavy atom. The van der Waals surface area contributed by atoms with Gasteiger partial charge in [-0.3, -0.25) is 9.36 Å². The fourth-order valence-corrected chi connectivity index (χ4v) is 5.33. The molecule has 2 aromatic heterocycles. The quantitative estimate of drug-likeness (QED) is 0.602. The third-order valence-electron chi connectivity index (χ3n) is 6.15. The number of hydrogen-bond donors (Lipinski definition) is 1. The molecular formula is C22H27N5OS. The van der Waals surface area contributed by atoms with E-state index in [1.54, 1.807) is 11.8 Å². The number of piperidine rings is 1. The van der Waals surface area contributed by atoms with Gasteiger partial charge in [0, 0.05) is 41.3 Å². The first-order valence-electron chi connectivity index (χ1n) is 10.7. The second-order valence-corrected chi connectivity index (χ2v) is 9.03. The van der Waals surface area contributed by atoms with Crippen LogP contribution in [0.15, 0.2) is 35.6 Å².